The average molecular weight is 447 g/mol. The summed E-state index contributed by atoms with van der Waals surface area (Å²) in [6.07, 6.45) is 3.71. The van der Waals surface area contributed by atoms with Crippen LogP contribution in [0.1, 0.15) is 47.8 Å². The molecule has 5 rings (SSSR count). The minimum absolute atomic E-state index is 0.0344. The van der Waals surface area contributed by atoms with E-state index in [9.17, 15) is 14.7 Å². The van der Waals surface area contributed by atoms with E-state index in [1.807, 2.05) is 24.3 Å². The first-order chi connectivity index (χ1) is 16.0. The lowest BCUT2D eigenvalue weighted by Crippen LogP contribution is -2.38. The molecular formula is C26H25NO6. The van der Waals surface area contributed by atoms with Crippen molar-refractivity contribution in [2.24, 2.45) is 0 Å². The van der Waals surface area contributed by atoms with E-state index in [4.69, 9.17) is 13.9 Å². The highest BCUT2D eigenvalue weighted by Gasteiger charge is 2.47. The van der Waals surface area contributed by atoms with Crippen molar-refractivity contribution in [3.8, 4) is 11.5 Å². The third-order valence-electron chi connectivity index (χ3n) is 6.59. The maximum Gasteiger partial charge on any atom is 0.290 e. The normalized spacial score (nSPS) is 19.0. The number of hydrogen-bond donors (Lipinski definition) is 1. The van der Waals surface area contributed by atoms with Gasteiger partial charge >= 0.3 is 0 Å². The van der Waals surface area contributed by atoms with Crippen LogP contribution in [0, 0.1) is 0 Å². The first kappa shape index (κ1) is 21.1. The van der Waals surface area contributed by atoms with Crippen LogP contribution in [0.5, 0.6) is 11.5 Å². The molecule has 1 atom stereocenters. The highest BCUT2D eigenvalue weighted by molar-refractivity contribution is 6.16. The minimum Gasteiger partial charge on any atom is -0.503 e. The summed E-state index contributed by atoms with van der Waals surface area (Å²) in [5, 5.41) is 11.6. The fourth-order valence-electron chi connectivity index (χ4n) is 4.97. The van der Waals surface area contributed by atoms with Gasteiger partial charge in [0.25, 0.3) is 5.91 Å². The molecule has 2 heterocycles. The van der Waals surface area contributed by atoms with E-state index in [0.717, 1.165) is 31.2 Å². The summed E-state index contributed by atoms with van der Waals surface area (Å²) in [4.78, 5) is 28.6. The second-order valence-electron chi connectivity index (χ2n) is 8.41. The Labute approximate surface area is 191 Å². The smallest absolute Gasteiger partial charge is 0.290 e. The monoisotopic (exact) mass is 447 g/mol. The van der Waals surface area contributed by atoms with Crippen molar-refractivity contribution >= 4 is 22.7 Å². The molecule has 7 heteroatoms. The number of amides is 1. The zero-order chi connectivity index (χ0) is 23.1. The van der Waals surface area contributed by atoms with Gasteiger partial charge in [-0.3, -0.25) is 9.59 Å². The summed E-state index contributed by atoms with van der Waals surface area (Å²) in [6, 6.07) is 13.5. The summed E-state index contributed by atoms with van der Waals surface area (Å²) in [7, 11) is 3.11. The number of methoxy groups -OCH3 is 2. The van der Waals surface area contributed by atoms with Crippen molar-refractivity contribution in [3.63, 3.8) is 0 Å². The molecule has 170 valence electrons. The molecule has 2 aromatic carbocycles. The Hall–Kier alpha value is -3.74. The van der Waals surface area contributed by atoms with Gasteiger partial charge in [-0.2, -0.15) is 0 Å². The van der Waals surface area contributed by atoms with Gasteiger partial charge in [0.05, 0.1) is 25.8 Å². The number of carbonyl (C=O) groups is 2. The lowest BCUT2D eigenvalue weighted by atomic mass is 9.94. The Bertz CT molecular complexity index is 1250. The van der Waals surface area contributed by atoms with Crippen LogP contribution >= 0.6 is 0 Å². The van der Waals surface area contributed by atoms with Gasteiger partial charge in [0.15, 0.2) is 22.9 Å². The molecule has 1 fully saturated rings. The molecule has 0 radical (unpaired) electrons. The van der Waals surface area contributed by atoms with Crippen molar-refractivity contribution < 1.29 is 28.6 Å². The van der Waals surface area contributed by atoms with Gasteiger partial charge in [0, 0.05) is 11.4 Å². The second kappa shape index (κ2) is 8.31. The van der Waals surface area contributed by atoms with E-state index in [1.54, 1.807) is 36.3 Å². The van der Waals surface area contributed by atoms with Gasteiger partial charge < -0.3 is 23.9 Å². The first-order valence-electron chi connectivity index (χ1n) is 11.0. The predicted molar refractivity (Wildman–Crippen MR) is 122 cm³/mol. The van der Waals surface area contributed by atoms with E-state index < -0.39 is 23.5 Å². The molecule has 1 N–H and O–H groups in total. The van der Waals surface area contributed by atoms with Crippen LogP contribution in [0.15, 0.2) is 64.3 Å². The fourth-order valence-corrected chi connectivity index (χ4v) is 4.97. The SMILES string of the molecule is COc1ccc(C2C(C(=O)c3cc4cccc(OC)c4o3)=C(O)C(=O)N2C2CCCC2)cc1. The van der Waals surface area contributed by atoms with Gasteiger partial charge in [0.1, 0.15) is 5.75 Å². The Balaban J connectivity index is 1.61. The summed E-state index contributed by atoms with van der Waals surface area (Å²) in [5.74, 6) is -0.316. The molecule has 0 spiro atoms. The van der Waals surface area contributed by atoms with E-state index in [1.165, 1.54) is 7.11 Å². The van der Waals surface area contributed by atoms with Gasteiger partial charge in [-0.05, 0) is 42.7 Å². The van der Waals surface area contributed by atoms with Crippen LogP contribution in [-0.4, -0.2) is 42.0 Å². The Morgan fingerprint density at radius 3 is 2.45 bits per heavy atom. The largest absolute Gasteiger partial charge is 0.503 e. The number of carbonyl (C=O) groups excluding carboxylic acids is 2. The minimum atomic E-state index is -0.700. The highest BCUT2D eigenvalue weighted by Crippen LogP contribution is 2.44. The molecule has 0 saturated heterocycles. The van der Waals surface area contributed by atoms with Gasteiger partial charge in [0.2, 0.25) is 5.78 Å². The summed E-state index contributed by atoms with van der Waals surface area (Å²) in [6.45, 7) is 0. The molecule has 1 unspecified atom stereocenters. The lowest BCUT2D eigenvalue weighted by Gasteiger charge is -2.32. The molecule has 33 heavy (non-hydrogen) atoms. The molecule has 7 nitrogen and oxygen atoms in total. The summed E-state index contributed by atoms with van der Waals surface area (Å²) in [5.41, 5.74) is 1.22. The van der Waals surface area contributed by atoms with Crippen LogP contribution in [0.3, 0.4) is 0 Å². The molecule has 2 aliphatic rings. The van der Waals surface area contributed by atoms with Crippen LogP contribution in [0.25, 0.3) is 11.0 Å². The molecule has 1 aliphatic heterocycles. The van der Waals surface area contributed by atoms with Crippen molar-refractivity contribution in [2.75, 3.05) is 14.2 Å². The zero-order valence-corrected chi connectivity index (χ0v) is 18.5. The second-order valence-corrected chi connectivity index (χ2v) is 8.41. The maximum atomic E-state index is 13.7. The number of rotatable bonds is 6. The van der Waals surface area contributed by atoms with Crippen molar-refractivity contribution in [1.82, 2.24) is 4.90 Å². The molecule has 1 amide bonds. The number of hydrogen-bond acceptors (Lipinski definition) is 6. The van der Waals surface area contributed by atoms with Gasteiger partial charge in [-0.1, -0.05) is 37.1 Å². The molecule has 1 aromatic heterocycles. The number of furan rings is 1. The number of benzene rings is 2. The van der Waals surface area contributed by atoms with Gasteiger partial charge in [-0.15, -0.1) is 0 Å². The van der Waals surface area contributed by atoms with E-state index >= 15 is 0 Å². The Kier molecular flexibility index (Phi) is 5.32. The van der Waals surface area contributed by atoms with Crippen molar-refractivity contribution in [3.05, 3.63) is 71.2 Å². The topological polar surface area (TPSA) is 89.2 Å². The van der Waals surface area contributed by atoms with Crippen LogP contribution in [-0.2, 0) is 4.79 Å². The van der Waals surface area contributed by atoms with E-state index in [0.29, 0.717) is 22.5 Å². The lowest BCUT2D eigenvalue weighted by molar-refractivity contribution is -0.131. The molecule has 3 aromatic rings. The highest BCUT2D eigenvalue weighted by atomic mass is 16.5. The number of nitrogens with zero attached hydrogens (tertiary/aromatic N) is 1. The van der Waals surface area contributed by atoms with Crippen LogP contribution in [0.4, 0.5) is 0 Å². The third kappa shape index (κ3) is 3.44. The number of ether oxygens (including phenoxy) is 2. The van der Waals surface area contributed by atoms with Crippen LogP contribution < -0.4 is 9.47 Å². The van der Waals surface area contributed by atoms with E-state index in [-0.39, 0.29) is 17.4 Å². The van der Waals surface area contributed by atoms with Crippen molar-refractivity contribution in [2.45, 2.75) is 37.8 Å². The number of fused-ring (bicyclic) bond motifs is 1. The molecule has 1 aliphatic carbocycles. The quantitative estimate of drug-likeness (QED) is 0.537. The van der Waals surface area contributed by atoms with Gasteiger partial charge in [-0.25, -0.2) is 0 Å². The number of aliphatic hydroxyl groups is 1. The number of aliphatic hydroxyl groups excluding tert-OH is 1. The standard InChI is InChI=1S/C26H25NO6/c1-31-18-12-10-15(11-13-18)22-21(24(29)26(30)27(22)17-7-3-4-8-17)23(28)20-14-16-6-5-9-19(32-2)25(16)33-20/h5-6,9-14,17,22,29H,3-4,7-8H2,1-2H3. The van der Waals surface area contributed by atoms with E-state index in [2.05, 4.69) is 0 Å². The third-order valence-corrected chi connectivity index (χ3v) is 6.59. The van der Waals surface area contributed by atoms with Crippen molar-refractivity contribution in [1.29, 1.82) is 0 Å². The zero-order valence-electron chi connectivity index (χ0n) is 18.5. The summed E-state index contributed by atoms with van der Waals surface area (Å²) >= 11 is 0. The molecule has 1 saturated carbocycles. The fraction of sp³-hybridized carbons (Fsp3) is 0.308. The number of Topliss-reactive ketones (excluding diaryl/α,β-unsaturated/α-hetero) is 1. The maximum absolute atomic E-state index is 13.7. The van der Waals surface area contributed by atoms with Crippen LogP contribution in [0.2, 0.25) is 0 Å². The molecular weight excluding hydrogens is 422 g/mol. The molecule has 0 bridgehead atoms. The predicted octanol–water partition coefficient (Wildman–Crippen LogP) is 4.97. The number of ketones is 1. The average Bonchev–Trinajstić information content (AvgIpc) is 3.57. The first-order valence-corrected chi connectivity index (χ1v) is 11.0. The Morgan fingerprint density at radius 2 is 1.79 bits per heavy atom. The Morgan fingerprint density at radius 1 is 1.06 bits per heavy atom. The summed E-state index contributed by atoms with van der Waals surface area (Å²) < 4.78 is 16.5. The number of para-hydroxylation sites is 1.